The number of fused-ring (bicyclic) bond motifs is 1. The van der Waals surface area contributed by atoms with E-state index in [0.717, 1.165) is 22.0 Å². The van der Waals surface area contributed by atoms with Gasteiger partial charge in [0.1, 0.15) is 0 Å². The van der Waals surface area contributed by atoms with E-state index in [2.05, 4.69) is 58.8 Å². The van der Waals surface area contributed by atoms with Crippen LogP contribution < -0.4 is 5.43 Å². The number of hydrogen-bond acceptors (Lipinski definition) is 4. The molecule has 24 heavy (non-hydrogen) atoms. The summed E-state index contributed by atoms with van der Waals surface area (Å²) < 4.78 is 0. The second-order valence-corrected chi connectivity index (χ2v) is 5.87. The number of nitrogens with one attached hydrogen (secondary N) is 1. The summed E-state index contributed by atoms with van der Waals surface area (Å²) in [6.45, 7) is 4.39. The number of hydrazone groups is 1. The van der Waals surface area contributed by atoms with Crippen molar-refractivity contribution in [3.8, 4) is 0 Å². The average Bonchev–Trinajstić information content (AvgIpc) is 2.62. The van der Waals surface area contributed by atoms with E-state index in [9.17, 15) is 0 Å². The number of rotatable bonds is 5. The predicted molar refractivity (Wildman–Crippen MR) is 101 cm³/mol. The van der Waals surface area contributed by atoms with E-state index >= 15 is 0 Å². The molecule has 0 aliphatic carbocycles. The minimum atomic E-state index is 0.555. The van der Waals surface area contributed by atoms with E-state index < -0.39 is 0 Å². The molecule has 0 fully saturated rings. The fourth-order valence-electron chi connectivity index (χ4n) is 2.42. The molecule has 0 aliphatic heterocycles. The van der Waals surface area contributed by atoms with E-state index in [1.807, 2.05) is 30.4 Å². The van der Waals surface area contributed by atoms with Crippen molar-refractivity contribution in [3.63, 3.8) is 0 Å². The molecule has 120 valence electrons. The standard InChI is InChI=1S/C20H20N4/c1-15(2)17-10-8-16(9-11-17)5-4-12-21-24-20-7-3-6-18-13-22-23-14-19(18)20/h3-15,24H,1-2H3/b5-4+,21-12-. The number of benzene rings is 2. The molecule has 4 nitrogen and oxygen atoms in total. The van der Waals surface area contributed by atoms with Crippen LogP contribution in [0.5, 0.6) is 0 Å². The topological polar surface area (TPSA) is 50.2 Å². The molecule has 0 unspecified atom stereocenters. The van der Waals surface area contributed by atoms with Gasteiger partial charge in [-0.25, -0.2) is 0 Å². The smallest absolute Gasteiger partial charge is 0.0656 e. The van der Waals surface area contributed by atoms with Gasteiger partial charge in [-0.1, -0.05) is 56.3 Å². The van der Waals surface area contributed by atoms with Crippen LogP contribution in [-0.2, 0) is 0 Å². The van der Waals surface area contributed by atoms with Crippen LogP contribution in [0.25, 0.3) is 16.8 Å². The van der Waals surface area contributed by atoms with Gasteiger partial charge in [-0.3, -0.25) is 5.43 Å². The third-order valence-corrected chi connectivity index (χ3v) is 3.83. The lowest BCUT2D eigenvalue weighted by molar-refractivity contribution is 0.866. The minimum Gasteiger partial charge on any atom is -0.278 e. The molecule has 0 saturated heterocycles. The van der Waals surface area contributed by atoms with Gasteiger partial charge in [-0.2, -0.15) is 15.3 Å². The summed E-state index contributed by atoms with van der Waals surface area (Å²) in [6, 6.07) is 14.5. The Morgan fingerprint density at radius 1 is 1.00 bits per heavy atom. The highest BCUT2D eigenvalue weighted by Crippen LogP contribution is 2.21. The first-order chi connectivity index (χ1) is 11.7. The summed E-state index contributed by atoms with van der Waals surface area (Å²) in [4.78, 5) is 0. The number of aromatic nitrogens is 2. The second-order valence-electron chi connectivity index (χ2n) is 5.87. The highest BCUT2D eigenvalue weighted by atomic mass is 15.3. The van der Waals surface area contributed by atoms with Gasteiger partial charge in [-0.05, 0) is 29.2 Å². The molecule has 0 bridgehead atoms. The van der Waals surface area contributed by atoms with Crippen molar-refractivity contribution in [2.24, 2.45) is 5.10 Å². The molecular formula is C20H20N4. The van der Waals surface area contributed by atoms with Gasteiger partial charge in [0.15, 0.2) is 0 Å². The quantitative estimate of drug-likeness (QED) is 0.540. The molecule has 0 aliphatic rings. The number of allylic oxidation sites excluding steroid dienone is 1. The van der Waals surface area contributed by atoms with E-state index in [1.165, 1.54) is 5.56 Å². The first kappa shape index (κ1) is 15.9. The molecule has 0 atom stereocenters. The third-order valence-electron chi connectivity index (χ3n) is 3.83. The Morgan fingerprint density at radius 3 is 2.58 bits per heavy atom. The maximum absolute atomic E-state index is 4.24. The first-order valence-electron chi connectivity index (χ1n) is 7.99. The molecule has 1 N–H and O–H groups in total. The van der Waals surface area contributed by atoms with Crippen LogP contribution in [0, 0.1) is 0 Å². The van der Waals surface area contributed by atoms with Crippen LogP contribution in [-0.4, -0.2) is 16.4 Å². The maximum atomic E-state index is 4.24. The Bertz CT molecular complexity index is 859. The molecule has 3 rings (SSSR count). The van der Waals surface area contributed by atoms with Crippen LogP contribution in [0.1, 0.15) is 30.9 Å². The fourth-order valence-corrected chi connectivity index (χ4v) is 2.42. The van der Waals surface area contributed by atoms with Crippen molar-refractivity contribution >= 4 is 28.8 Å². The highest BCUT2D eigenvalue weighted by Gasteiger charge is 1.99. The zero-order chi connectivity index (χ0) is 16.8. The van der Waals surface area contributed by atoms with Gasteiger partial charge in [-0.15, -0.1) is 0 Å². The molecule has 0 radical (unpaired) electrons. The Labute approximate surface area is 141 Å². The van der Waals surface area contributed by atoms with Gasteiger partial charge in [0, 0.05) is 17.0 Å². The molecule has 1 aromatic heterocycles. The van der Waals surface area contributed by atoms with Gasteiger partial charge in [0.25, 0.3) is 0 Å². The van der Waals surface area contributed by atoms with Crippen molar-refractivity contribution in [2.45, 2.75) is 19.8 Å². The molecule has 0 spiro atoms. The molecular weight excluding hydrogens is 296 g/mol. The van der Waals surface area contributed by atoms with Crippen molar-refractivity contribution in [1.29, 1.82) is 0 Å². The second kappa shape index (κ2) is 7.51. The predicted octanol–water partition coefficient (Wildman–Crippen LogP) is 4.86. The number of nitrogens with zero attached hydrogens (tertiary/aromatic N) is 3. The summed E-state index contributed by atoms with van der Waals surface area (Å²) in [5, 5.41) is 14.1. The summed E-state index contributed by atoms with van der Waals surface area (Å²) in [6.07, 6.45) is 9.17. The first-order valence-corrected chi connectivity index (χ1v) is 7.99. The number of hydrogen-bond donors (Lipinski definition) is 1. The Kier molecular flexibility index (Phi) is 4.96. The number of anilines is 1. The summed E-state index contributed by atoms with van der Waals surface area (Å²) in [5.74, 6) is 0.555. The van der Waals surface area contributed by atoms with E-state index in [-0.39, 0.29) is 0 Å². The normalized spacial score (nSPS) is 11.8. The lowest BCUT2D eigenvalue weighted by Crippen LogP contribution is -1.91. The average molecular weight is 316 g/mol. The zero-order valence-electron chi connectivity index (χ0n) is 13.8. The van der Waals surface area contributed by atoms with Crippen molar-refractivity contribution < 1.29 is 0 Å². The summed E-state index contributed by atoms with van der Waals surface area (Å²) >= 11 is 0. The van der Waals surface area contributed by atoms with Crippen molar-refractivity contribution in [2.75, 3.05) is 5.43 Å². The van der Waals surface area contributed by atoms with Crippen LogP contribution >= 0.6 is 0 Å². The summed E-state index contributed by atoms with van der Waals surface area (Å²) in [5.41, 5.74) is 6.47. The SMILES string of the molecule is CC(C)c1ccc(/C=C/C=N\Nc2cccc3cnncc23)cc1. The van der Waals surface area contributed by atoms with Crippen LogP contribution in [0.4, 0.5) is 5.69 Å². The van der Waals surface area contributed by atoms with E-state index in [0.29, 0.717) is 5.92 Å². The molecule has 3 aromatic rings. The molecule has 1 heterocycles. The maximum Gasteiger partial charge on any atom is 0.0656 e. The van der Waals surface area contributed by atoms with E-state index in [4.69, 9.17) is 0 Å². The third kappa shape index (κ3) is 3.84. The Hall–Kier alpha value is -3.01. The Morgan fingerprint density at radius 2 is 1.79 bits per heavy atom. The van der Waals surface area contributed by atoms with Crippen molar-refractivity contribution in [3.05, 3.63) is 72.1 Å². The lowest BCUT2D eigenvalue weighted by Gasteiger charge is -2.04. The monoisotopic (exact) mass is 316 g/mol. The van der Waals surface area contributed by atoms with Crippen LogP contribution in [0.15, 0.2) is 66.0 Å². The molecule has 2 aromatic carbocycles. The van der Waals surface area contributed by atoms with Gasteiger partial charge in [0.05, 0.1) is 18.1 Å². The van der Waals surface area contributed by atoms with Crippen LogP contribution in [0.3, 0.4) is 0 Å². The van der Waals surface area contributed by atoms with Crippen LogP contribution in [0.2, 0.25) is 0 Å². The van der Waals surface area contributed by atoms with Gasteiger partial charge < -0.3 is 0 Å². The highest BCUT2D eigenvalue weighted by molar-refractivity contribution is 5.92. The molecule has 0 saturated carbocycles. The zero-order valence-corrected chi connectivity index (χ0v) is 13.8. The lowest BCUT2D eigenvalue weighted by atomic mass is 10.0. The fraction of sp³-hybridized carbons (Fsp3) is 0.150. The molecule has 0 amide bonds. The summed E-state index contributed by atoms with van der Waals surface area (Å²) in [7, 11) is 0. The Balaban J connectivity index is 1.64. The van der Waals surface area contributed by atoms with Crippen molar-refractivity contribution in [1.82, 2.24) is 10.2 Å². The van der Waals surface area contributed by atoms with E-state index in [1.54, 1.807) is 18.6 Å². The van der Waals surface area contributed by atoms with Gasteiger partial charge >= 0.3 is 0 Å². The molecule has 4 heteroatoms. The largest absolute Gasteiger partial charge is 0.278 e. The van der Waals surface area contributed by atoms with Gasteiger partial charge in [0.2, 0.25) is 0 Å². The minimum absolute atomic E-state index is 0.555.